The van der Waals surface area contributed by atoms with E-state index in [2.05, 4.69) is 4.18 Å². The Morgan fingerprint density at radius 2 is 1.40 bits per heavy atom. The second-order valence-electron chi connectivity index (χ2n) is 3.69. The Kier molecular flexibility index (Phi) is 3.67. The Bertz CT molecular complexity index is 759. The van der Waals surface area contributed by atoms with E-state index in [-0.39, 0.29) is 0 Å². The Balaban J connectivity index is 2.43. The van der Waals surface area contributed by atoms with Crippen molar-refractivity contribution in [2.45, 2.75) is 4.90 Å². The lowest BCUT2D eigenvalue weighted by atomic mass is 10.3. The number of hydrogen-bond acceptors (Lipinski definition) is 3. The molecule has 0 fully saturated rings. The summed E-state index contributed by atoms with van der Waals surface area (Å²) >= 11 is 0. The van der Waals surface area contributed by atoms with Gasteiger partial charge in [-0.3, -0.25) is 0 Å². The van der Waals surface area contributed by atoms with E-state index in [9.17, 15) is 26.0 Å². The predicted molar refractivity (Wildman–Crippen MR) is 60.5 cm³/mol. The minimum absolute atomic E-state index is 0.395. The van der Waals surface area contributed by atoms with Crippen LogP contribution in [0.25, 0.3) is 0 Å². The first-order valence-corrected chi connectivity index (χ1v) is 6.55. The molecule has 0 heterocycles. The zero-order chi connectivity index (χ0) is 14.9. The average Bonchev–Trinajstić information content (AvgIpc) is 2.35. The van der Waals surface area contributed by atoms with Gasteiger partial charge in [-0.1, -0.05) is 0 Å². The van der Waals surface area contributed by atoms with Gasteiger partial charge in [0.1, 0.15) is 22.3 Å². The molecule has 0 atom stereocenters. The van der Waals surface area contributed by atoms with Crippen LogP contribution in [0.3, 0.4) is 0 Å². The zero-order valence-electron chi connectivity index (χ0n) is 9.61. The van der Waals surface area contributed by atoms with Crippen molar-refractivity contribution in [3.8, 4) is 5.75 Å². The Morgan fingerprint density at radius 1 is 0.800 bits per heavy atom. The number of halogens is 4. The first kappa shape index (κ1) is 14.3. The van der Waals surface area contributed by atoms with Crippen molar-refractivity contribution < 1.29 is 30.2 Å². The van der Waals surface area contributed by atoms with Gasteiger partial charge in [0.05, 0.1) is 0 Å². The minimum atomic E-state index is -4.78. The van der Waals surface area contributed by atoms with Crippen LogP contribution in [0.5, 0.6) is 5.75 Å². The van der Waals surface area contributed by atoms with Crippen molar-refractivity contribution in [3.05, 3.63) is 59.7 Å². The van der Waals surface area contributed by atoms with Gasteiger partial charge < -0.3 is 4.18 Å². The highest BCUT2D eigenvalue weighted by atomic mass is 32.2. The number of hydrogen-bond donors (Lipinski definition) is 0. The van der Waals surface area contributed by atoms with Crippen LogP contribution in [0.15, 0.2) is 41.3 Å². The molecule has 0 radical (unpaired) electrons. The Hall–Kier alpha value is -2.09. The predicted octanol–water partition coefficient (Wildman–Crippen LogP) is 3.01. The van der Waals surface area contributed by atoms with Gasteiger partial charge in [0.2, 0.25) is 0 Å². The molecule has 0 bridgehead atoms. The first-order valence-electron chi connectivity index (χ1n) is 5.14. The average molecular weight is 306 g/mol. The van der Waals surface area contributed by atoms with Gasteiger partial charge >= 0.3 is 10.1 Å². The van der Waals surface area contributed by atoms with E-state index in [1.807, 2.05) is 0 Å². The molecule has 0 saturated carbocycles. The fourth-order valence-electron chi connectivity index (χ4n) is 1.37. The van der Waals surface area contributed by atoms with Crippen molar-refractivity contribution in [1.29, 1.82) is 0 Å². The van der Waals surface area contributed by atoms with Crippen molar-refractivity contribution in [2.75, 3.05) is 0 Å². The molecule has 0 saturated heterocycles. The van der Waals surface area contributed by atoms with Crippen LogP contribution in [-0.4, -0.2) is 8.42 Å². The second-order valence-corrected chi connectivity index (χ2v) is 5.20. The maximum absolute atomic E-state index is 13.4. The van der Waals surface area contributed by atoms with Crippen LogP contribution >= 0.6 is 0 Å². The highest BCUT2D eigenvalue weighted by molar-refractivity contribution is 7.87. The lowest BCUT2D eigenvalue weighted by Gasteiger charge is -2.08. The molecule has 8 heteroatoms. The van der Waals surface area contributed by atoms with Gasteiger partial charge in [-0.15, -0.1) is 0 Å². The van der Waals surface area contributed by atoms with Gasteiger partial charge in [-0.2, -0.15) is 8.42 Å². The second kappa shape index (κ2) is 5.12. The third kappa shape index (κ3) is 2.90. The molecule has 20 heavy (non-hydrogen) atoms. The van der Waals surface area contributed by atoms with Crippen molar-refractivity contribution in [2.24, 2.45) is 0 Å². The summed E-state index contributed by atoms with van der Waals surface area (Å²) in [5, 5.41) is 0. The fourth-order valence-corrected chi connectivity index (χ4v) is 2.40. The minimum Gasteiger partial charge on any atom is -0.376 e. The summed E-state index contributed by atoms with van der Waals surface area (Å²) in [6, 6.07) is 3.58. The van der Waals surface area contributed by atoms with Gasteiger partial charge in [-0.25, -0.2) is 17.6 Å². The number of rotatable bonds is 3. The fraction of sp³-hybridized carbons (Fsp3) is 0. The Morgan fingerprint density at radius 3 is 2.05 bits per heavy atom. The molecule has 3 nitrogen and oxygen atoms in total. The maximum Gasteiger partial charge on any atom is 0.342 e. The molecule has 106 valence electrons. The summed E-state index contributed by atoms with van der Waals surface area (Å²) in [5.41, 5.74) is 0. The monoisotopic (exact) mass is 306 g/mol. The summed E-state index contributed by atoms with van der Waals surface area (Å²) in [5.74, 6) is -5.31. The van der Waals surface area contributed by atoms with Crippen molar-refractivity contribution >= 4 is 10.1 Å². The number of benzene rings is 2. The van der Waals surface area contributed by atoms with E-state index in [0.717, 1.165) is 12.1 Å². The van der Waals surface area contributed by atoms with E-state index >= 15 is 0 Å². The van der Waals surface area contributed by atoms with Crippen LogP contribution in [0, 0.1) is 23.3 Å². The van der Waals surface area contributed by atoms with Gasteiger partial charge in [-0.05, 0) is 30.3 Å². The van der Waals surface area contributed by atoms with Crippen molar-refractivity contribution in [3.63, 3.8) is 0 Å². The first-order chi connectivity index (χ1) is 9.29. The molecule has 0 N–H and O–H groups in total. The van der Waals surface area contributed by atoms with Crippen LogP contribution in [-0.2, 0) is 10.1 Å². The standard InChI is InChI=1S/C12H6F4O3S/c13-7-2-4-11(10(16)5-7)19-20(17,18)12-6-8(14)1-3-9(12)15/h1-6H. The molecule has 2 rings (SSSR count). The Labute approximate surface area is 111 Å². The van der Waals surface area contributed by atoms with E-state index in [1.54, 1.807) is 0 Å². The lowest BCUT2D eigenvalue weighted by molar-refractivity contribution is 0.450. The SMILES string of the molecule is O=S(=O)(Oc1ccc(F)cc1F)c1cc(F)ccc1F. The molecular weight excluding hydrogens is 300 g/mol. The molecule has 2 aromatic carbocycles. The largest absolute Gasteiger partial charge is 0.376 e. The summed E-state index contributed by atoms with van der Waals surface area (Å²) in [6.45, 7) is 0. The summed E-state index contributed by atoms with van der Waals surface area (Å²) in [6.07, 6.45) is 0. The van der Waals surface area contributed by atoms with Crippen LogP contribution < -0.4 is 4.18 Å². The third-order valence-electron chi connectivity index (χ3n) is 2.26. The summed E-state index contributed by atoms with van der Waals surface area (Å²) in [4.78, 5) is -1.08. The maximum atomic E-state index is 13.4. The summed E-state index contributed by atoms with van der Waals surface area (Å²) < 4.78 is 80.0. The quantitative estimate of drug-likeness (QED) is 0.647. The molecule has 0 amide bonds. The molecule has 0 aromatic heterocycles. The van der Waals surface area contributed by atoms with Gasteiger partial charge in [0, 0.05) is 6.07 Å². The highest BCUT2D eigenvalue weighted by Crippen LogP contribution is 2.24. The van der Waals surface area contributed by atoms with E-state index in [1.165, 1.54) is 0 Å². The summed E-state index contributed by atoms with van der Waals surface area (Å²) in [7, 11) is -4.78. The molecule has 0 aliphatic rings. The molecule has 0 aliphatic carbocycles. The van der Waals surface area contributed by atoms with Crippen molar-refractivity contribution in [1.82, 2.24) is 0 Å². The van der Waals surface area contributed by atoms with E-state index < -0.39 is 44.0 Å². The molecule has 0 aliphatic heterocycles. The molecule has 2 aromatic rings. The van der Waals surface area contributed by atoms with E-state index in [0.29, 0.717) is 24.3 Å². The lowest BCUT2D eigenvalue weighted by Crippen LogP contribution is -2.13. The smallest absolute Gasteiger partial charge is 0.342 e. The molecular formula is C12H6F4O3S. The topological polar surface area (TPSA) is 43.4 Å². The van der Waals surface area contributed by atoms with Crippen LogP contribution in [0.1, 0.15) is 0 Å². The molecule has 0 unspecified atom stereocenters. The van der Waals surface area contributed by atoms with E-state index in [4.69, 9.17) is 0 Å². The van der Waals surface area contributed by atoms with Crippen LogP contribution in [0.4, 0.5) is 17.6 Å². The molecule has 0 spiro atoms. The van der Waals surface area contributed by atoms with Crippen LogP contribution in [0.2, 0.25) is 0 Å². The third-order valence-corrected chi connectivity index (χ3v) is 3.51. The van der Waals surface area contributed by atoms with Gasteiger partial charge in [0.25, 0.3) is 0 Å². The van der Waals surface area contributed by atoms with Gasteiger partial charge in [0.15, 0.2) is 11.6 Å². The highest BCUT2D eigenvalue weighted by Gasteiger charge is 2.23. The zero-order valence-corrected chi connectivity index (χ0v) is 10.4. The normalized spacial score (nSPS) is 11.4.